The first-order valence-electron chi connectivity index (χ1n) is 11.8. The Kier molecular flexibility index (Phi) is 8.42. The average molecular weight is 561 g/mol. The summed E-state index contributed by atoms with van der Waals surface area (Å²) in [5, 5.41) is 0.307. The smallest absolute Gasteiger partial charge is 0.326 e. The van der Waals surface area contributed by atoms with Crippen molar-refractivity contribution >= 4 is 56.5 Å². The van der Waals surface area contributed by atoms with E-state index in [2.05, 4.69) is 0 Å². The minimum Gasteiger partial charge on any atom is -0.464 e. The second-order valence-corrected chi connectivity index (χ2v) is 11.3. The van der Waals surface area contributed by atoms with E-state index in [1.54, 1.807) is 47.4 Å². The van der Waals surface area contributed by atoms with Gasteiger partial charge in [0.1, 0.15) is 6.54 Å². The third-order valence-electron chi connectivity index (χ3n) is 5.97. The first kappa shape index (κ1) is 27.0. The fourth-order valence-electron chi connectivity index (χ4n) is 4.10. The number of fused-ring (bicyclic) bond motifs is 1. The zero-order valence-corrected chi connectivity index (χ0v) is 22.5. The fourth-order valence-corrected chi connectivity index (χ4v) is 6.23. The number of hydrogen-bond donors (Lipinski definition) is 0. The maximum atomic E-state index is 13.7. The van der Waals surface area contributed by atoms with Crippen LogP contribution in [-0.2, 0) is 26.0 Å². The number of esters is 1. The van der Waals surface area contributed by atoms with Gasteiger partial charge in [0.25, 0.3) is 15.9 Å². The summed E-state index contributed by atoms with van der Waals surface area (Å²) in [5.74, 6) is -0.809. The van der Waals surface area contributed by atoms with Gasteiger partial charge in [-0.2, -0.15) is 0 Å². The zero-order valence-electron chi connectivity index (χ0n) is 20.2. The number of amides is 1. The Morgan fingerprint density at radius 3 is 2.38 bits per heavy atom. The van der Waals surface area contributed by atoms with Crippen LogP contribution in [0.3, 0.4) is 0 Å². The van der Waals surface area contributed by atoms with Gasteiger partial charge in [-0.15, -0.1) is 0 Å². The van der Waals surface area contributed by atoms with Gasteiger partial charge in [0, 0.05) is 27.8 Å². The van der Waals surface area contributed by atoms with Gasteiger partial charge in [-0.05, 0) is 66.9 Å². The molecule has 0 unspecified atom stereocenters. The number of sulfonamides is 1. The zero-order chi connectivity index (χ0) is 26.6. The summed E-state index contributed by atoms with van der Waals surface area (Å²) in [4.78, 5) is 27.2. The van der Waals surface area contributed by atoms with Crippen LogP contribution in [0.4, 0.5) is 11.4 Å². The van der Waals surface area contributed by atoms with E-state index in [1.165, 1.54) is 18.2 Å². The van der Waals surface area contributed by atoms with Crippen LogP contribution in [0.5, 0.6) is 0 Å². The quantitative estimate of drug-likeness (QED) is 0.246. The lowest BCUT2D eigenvalue weighted by Crippen LogP contribution is -2.36. The maximum absolute atomic E-state index is 13.7. The molecule has 1 aliphatic rings. The molecular weight excluding hydrogens is 535 g/mol. The maximum Gasteiger partial charge on any atom is 0.326 e. The van der Waals surface area contributed by atoms with E-state index < -0.39 is 22.5 Å². The number of ether oxygens (including phenoxy) is 1. The number of carbonyl (C=O) groups is 2. The number of hydrogen-bond acceptors (Lipinski definition) is 5. The Bertz CT molecular complexity index is 1390. The summed E-state index contributed by atoms with van der Waals surface area (Å²) in [6.07, 6.45) is 2.05. The molecule has 4 rings (SSSR count). The largest absolute Gasteiger partial charge is 0.464 e. The number of anilines is 2. The Labute approximate surface area is 226 Å². The van der Waals surface area contributed by atoms with Gasteiger partial charge in [0.05, 0.1) is 17.2 Å². The predicted molar refractivity (Wildman–Crippen MR) is 145 cm³/mol. The molecule has 37 heavy (non-hydrogen) atoms. The van der Waals surface area contributed by atoms with Crippen molar-refractivity contribution < 1.29 is 22.7 Å². The van der Waals surface area contributed by atoms with E-state index in [4.69, 9.17) is 27.9 Å². The lowest BCUT2D eigenvalue weighted by Gasteiger charge is -2.25. The number of halogens is 2. The first-order chi connectivity index (χ1) is 17.7. The summed E-state index contributed by atoms with van der Waals surface area (Å²) in [6, 6.07) is 17.9. The van der Waals surface area contributed by atoms with E-state index in [-0.39, 0.29) is 33.1 Å². The number of benzene rings is 3. The third kappa shape index (κ3) is 6.09. The van der Waals surface area contributed by atoms with E-state index in [0.29, 0.717) is 30.6 Å². The molecule has 0 saturated heterocycles. The minimum atomic E-state index is -4.23. The van der Waals surface area contributed by atoms with Crippen LogP contribution in [0.2, 0.25) is 10.0 Å². The number of carbonyl (C=O) groups excluding carboxylic acids is 2. The van der Waals surface area contributed by atoms with Crippen LogP contribution in [-0.4, -0.2) is 40.0 Å². The molecule has 0 N–H and O–H groups in total. The van der Waals surface area contributed by atoms with Crippen molar-refractivity contribution in [2.45, 2.75) is 31.1 Å². The normalized spacial score (nSPS) is 12.8. The molecule has 7 nitrogen and oxygen atoms in total. The molecule has 0 spiro atoms. The van der Waals surface area contributed by atoms with Gasteiger partial charge >= 0.3 is 5.97 Å². The molecular formula is C27H26Cl2N2O5S. The van der Waals surface area contributed by atoms with E-state index >= 15 is 0 Å². The fraction of sp³-hybridized carbons (Fsp3) is 0.259. The highest BCUT2D eigenvalue weighted by Crippen LogP contribution is 2.35. The summed E-state index contributed by atoms with van der Waals surface area (Å²) >= 11 is 12.1. The lowest BCUT2D eigenvalue weighted by atomic mass is 10.1. The molecule has 0 fully saturated rings. The molecule has 1 heterocycles. The van der Waals surface area contributed by atoms with Crippen molar-refractivity contribution in [3.63, 3.8) is 0 Å². The van der Waals surface area contributed by atoms with Crippen molar-refractivity contribution in [3.05, 3.63) is 87.9 Å². The minimum absolute atomic E-state index is 0.135. The van der Waals surface area contributed by atoms with Crippen LogP contribution in [0.1, 0.15) is 35.7 Å². The van der Waals surface area contributed by atoms with E-state index in [1.807, 2.05) is 13.0 Å². The Balaban J connectivity index is 1.69. The average Bonchev–Trinajstić information content (AvgIpc) is 3.30. The highest BCUT2D eigenvalue weighted by molar-refractivity contribution is 7.92. The molecule has 1 aliphatic heterocycles. The molecule has 0 bridgehead atoms. The molecule has 0 saturated carbocycles. The van der Waals surface area contributed by atoms with Crippen molar-refractivity contribution in [1.82, 2.24) is 0 Å². The summed E-state index contributed by atoms with van der Waals surface area (Å²) in [6.45, 7) is 2.10. The number of nitrogens with zero attached hydrogens (tertiary/aromatic N) is 2. The van der Waals surface area contributed by atoms with Crippen LogP contribution in [0.15, 0.2) is 71.6 Å². The van der Waals surface area contributed by atoms with Crippen LogP contribution in [0, 0.1) is 0 Å². The van der Waals surface area contributed by atoms with E-state index in [9.17, 15) is 18.0 Å². The second kappa shape index (κ2) is 11.5. The van der Waals surface area contributed by atoms with Gasteiger partial charge in [-0.1, -0.05) is 54.7 Å². The topological polar surface area (TPSA) is 84.0 Å². The van der Waals surface area contributed by atoms with Gasteiger partial charge in [0.15, 0.2) is 0 Å². The molecule has 0 aromatic heterocycles. The molecule has 0 radical (unpaired) electrons. The van der Waals surface area contributed by atoms with Crippen LogP contribution >= 0.6 is 23.2 Å². The molecule has 1 amide bonds. The SMILES string of the molecule is CCCCOC(=O)CN(c1ccc2c(c1)CCN2C(=O)c1ccccc1)S(=O)(=O)c1cc(Cl)cc(Cl)c1. The highest BCUT2D eigenvalue weighted by atomic mass is 35.5. The van der Waals surface area contributed by atoms with Gasteiger partial charge in [-0.25, -0.2) is 8.42 Å². The molecule has 10 heteroatoms. The van der Waals surface area contributed by atoms with Crippen molar-refractivity contribution in [3.8, 4) is 0 Å². The first-order valence-corrected chi connectivity index (χ1v) is 14.0. The summed E-state index contributed by atoms with van der Waals surface area (Å²) < 4.78 is 33.6. The highest BCUT2D eigenvalue weighted by Gasteiger charge is 2.31. The Hall–Kier alpha value is -3.07. The standard InChI is InChI=1S/C27H26Cl2N2O5S/c1-2-3-13-36-26(32)18-31(37(34,35)24-16-21(28)15-22(29)17-24)23-9-10-25-20(14-23)11-12-30(25)27(33)19-7-5-4-6-8-19/h4-10,14-17H,2-3,11-13,18H2,1H3. The Morgan fingerprint density at radius 2 is 1.70 bits per heavy atom. The van der Waals surface area contributed by atoms with Crippen molar-refractivity contribution in [2.75, 3.05) is 28.9 Å². The van der Waals surface area contributed by atoms with Crippen LogP contribution in [0.25, 0.3) is 0 Å². The van der Waals surface area contributed by atoms with Gasteiger partial charge < -0.3 is 9.64 Å². The summed E-state index contributed by atoms with van der Waals surface area (Å²) in [7, 11) is -4.23. The van der Waals surface area contributed by atoms with Gasteiger partial charge in [-0.3, -0.25) is 13.9 Å². The molecule has 3 aromatic rings. The third-order valence-corrected chi connectivity index (χ3v) is 8.16. The molecule has 0 aliphatic carbocycles. The predicted octanol–water partition coefficient (Wildman–Crippen LogP) is 5.73. The summed E-state index contributed by atoms with van der Waals surface area (Å²) in [5.41, 5.74) is 2.34. The molecule has 194 valence electrons. The van der Waals surface area contributed by atoms with Crippen LogP contribution < -0.4 is 9.21 Å². The number of rotatable bonds is 9. The second-order valence-electron chi connectivity index (χ2n) is 8.58. The van der Waals surface area contributed by atoms with Crippen molar-refractivity contribution in [2.24, 2.45) is 0 Å². The van der Waals surface area contributed by atoms with Gasteiger partial charge in [0.2, 0.25) is 0 Å². The van der Waals surface area contributed by atoms with E-state index in [0.717, 1.165) is 16.3 Å². The number of unbranched alkanes of at least 4 members (excludes halogenated alkanes) is 1. The lowest BCUT2D eigenvalue weighted by molar-refractivity contribution is -0.141. The Morgan fingerprint density at radius 1 is 1.00 bits per heavy atom. The monoisotopic (exact) mass is 560 g/mol. The molecule has 0 atom stereocenters. The molecule has 3 aromatic carbocycles. The van der Waals surface area contributed by atoms with Crippen molar-refractivity contribution in [1.29, 1.82) is 0 Å².